The number of anilines is 1. The third-order valence-corrected chi connectivity index (χ3v) is 4.79. The molecule has 0 bridgehead atoms. The summed E-state index contributed by atoms with van der Waals surface area (Å²) in [5.74, 6) is -0.916. The van der Waals surface area contributed by atoms with Crippen LogP contribution in [0.25, 0.3) is 10.8 Å². The Morgan fingerprint density at radius 3 is 2.68 bits per heavy atom. The summed E-state index contributed by atoms with van der Waals surface area (Å²) in [5.41, 5.74) is -0.634. The molecule has 124 valence electrons. The van der Waals surface area contributed by atoms with E-state index in [2.05, 4.69) is 5.32 Å². The lowest BCUT2D eigenvalue weighted by Crippen LogP contribution is -2.36. The van der Waals surface area contributed by atoms with Crippen molar-refractivity contribution in [1.82, 2.24) is 0 Å². The standard InChI is InChI=1S/C20H14ClNO3/c21-13-8-9-17-16(10-13)20(25,19(24)22-17)11-18(23)15-7-3-5-12-4-1-2-6-14(12)15/h1-10,25H,11H2,(H,22,24)/t20-/m1/s1. The van der Waals surface area contributed by atoms with Crippen LogP contribution in [0.4, 0.5) is 5.69 Å². The molecule has 1 aliphatic heterocycles. The second kappa shape index (κ2) is 5.69. The number of carbonyl (C=O) groups excluding carboxylic acids is 2. The van der Waals surface area contributed by atoms with Crippen molar-refractivity contribution in [3.8, 4) is 0 Å². The van der Waals surface area contributed by atoms with E-state index in [1.165, 1.54) is 6.07 Å². The number of aliphatic hydroxyl groups is 1. The zero-order chi connectivity index (χ0) is 17.6. The first kappa shape index (κ1) is 15.8. The molecular formula is C20H14ClNO3. The van der Waals surface area contributed by atoms with Crippen molar-refractivity contribution in [1.29, 1.82) is 0 Å². The zero-order valence-electron chi connectivity index (χ0n) is 13.1. The average molecular weight is 352 g/mol. The van der Waals surface area contributed by atoms with Crippen LogP contribution in [0.5, 0.6) is 0 Å². The van der Waals surface area contributed by atoms with E-state index in [-0.39, 0.29) is 12.2 Å². The number of amides is 1. The molecule has 3 aromatic rings. The van der Waals surface area contributed by atoms with Crippen LogP contribution in [0, 0.1) is 0 Å². The minimum atomic E-state index is -1.92. The normalized spacial score (nSPS) is 18.9. The van der Waals surface area contributed by atoms with E-state index >= 15 is 0 Å². The second-order valence-corrected chi connectivity index (χ2v) is 6.57. The number of hydrogen-bond donors (Lipinski definition) is 2. The molecule has 4 rings (SSSR count). The van der Waals surface area contributed by atoms with Gasteiger partial charge >= 0.3 is 0 Å². The molecule has 0 fully saturated rings. The highest BCUT2D eigenvalue weighted by molar-refractivity contribution is 6.31. The number of hydrogen-bond acceptors (Lipinski definition) is 3. The molecule has 1 heterocycles. The number of fused-ring (bicyclic) bond motifs is 2. The lowest BCUT2D eigenvalue weighted by Gasteiger charge is -2.20. The molecule has 3 aromatic carbocycles. The van der Waals surface area contributed by atoms with Gasteiger partial charge in [0.05, 0.1) is 6.42 Å². The van der Waals surface area contributed by atoms with Crippen molar-refractivity contribution in [2.45, 2.75) is 12.0 Å². The van der Waals surface area contributed by atoms with E-state index < -0.39 is 11.5 Å². The van der Waals surface area contributed by atoms with Gasteiger partial charge in [0.2, 0.25) is 0 Å². The summed E-state index contributed by atoms with van der Waals surface area (Å²) in [6.07, 6.45) is -0.347. The molecule has 0 aromatic heterocycles. The highest BCUT2D eigenvalue weighted by Crippen LogP contribution is 2.40. The van der Waals surface area contributed by atoms with E-state index in [4.69, 9.17) is 11.6 Å². The molecule has 0 aliphatic carbocycles. The maximum absolute atomic E-state index is 12.9. The Kier molecular flexibility index (Phi) is 3.60. The van der Waals surface area contributed by atoms with Crippen molar-refractivity contribution in [3.63, 3.8) is 0 Å². The maximum Gasteiger partial charge on any atom is 0.261 e. The lowest BCUT2D eigenvalue weighted by atomic mass is 9.87. The molecule has 0 unspecified atom stereocenters. The van der Waals surface area contributed by atoms with Gasteiger partial charge in [-0.05, 0) is 29.0 Å². The van der Waals surface area contributed by atoms with E-state index in [0.717, 1.165) is 10.8 Å². The Hall–Kier alpha value is -2.69. The Bertz CT molecular complexity index is 1030. The summed E-state index contributed by atoms with van der Waals surface area (Å²) >= 11 is 5.99. The summed E-state index contributed by atoms with van der Waals surface area (Å²) in [7, 11) is 0. The van der Waals surface area contributed by atoms with Gasteiger partial charge in [0, 0.05) is 21.8 Å². The number of carbonyl (C=O) groups is 2. The molecule has 0 saturated heterocycles. The molecular weight excluding hydrogens is 338 g/mol. The van der Waals surface area contributed by atoms with Gasteiger partial charge in [-0.1, -0.05) is 54.1 Å². The van der Waals surface area contributed by atoms with E-state index in [0.29, 0.717) is 21.8 Å². The first-order chi connectivity index (χ1) is 12.0. The number of nitrogens with one attached hydrogen (secondary N) is 1. The SMILES string of the molecule is O=C(C[C@]1(O)C(=O)Nc2ccc(Cl)cc21)c1cccc2ccccc12. The minimum absolute atomic E-state index is 0.303. The second-order valence-electron chi connectivity index (χ2n) is 6.13. The van der Waals surface area contributed by atoms with Crippen LogP contribution in [-0.2, 0) is 10.4 Å². The Morgan fingerprint density at radius 1 is 1.08 bits per heavy atom. The molecule has 2 N–H and O–H groups in total. The van der Waals surface area contributed by atoms with Crippen molar-refractivity contribution in [3.05, 3.63) is 76.8 Å². The van der Waals surface area contributed by atoms with Gasteiger partial charge in [-0.15, -0.1) is 0 Å². The van der Waals surface area contributed by atoms with Crippen molar-refractivity contribution in [2.24, 2.45) is 0 Å². The number of rotatable bonds is 3. The third kappa shape index (κ3) is 2.51. The number of benzene rings is 3. The van der Waals surface area contributed by atoms with Crippen LogP contribution >= 0.6 is 11.6 Å². The predicted molar refractivity (Wildman–Crippen MR) is 96.9 cm³/mol. The molecule has 0 spiro atoms. The number of ketones is 1. The van der Waals surface area contributed by atoms with Gasteiger partial charge in [0.15, 0.2) is 11.4 Å². The van der Waals surface area contributed by atoms with Crippen LogP contribution in [0.2, 0.25) is 5.02 Å². The van der Waals surface area contributed by atoms with Crippen molar-refractivity contribution in [2.75, 3.05) is 5.32 Å². The van der Waals surface area contributed by atoms with Crippen LogP contribution in [-0.4, -0.2) is 16.8 Å². The summed E-state index contributed by atoms with van der Waals surface area (Å²) in [5, 5.41) is 15.7. The number of Topliss-reactive ketones (excluding diaryl/α,β-unsaturated/α-hetero) is 1. The first-order valence-corrected chi connectivity index (χ1v) is 8.22. The highest BCUT2D eigenvalue weighted by Gasteiger charge is 2.47. The minimum Gasteiger partial charge on any atom is -0.375 e. The third-order valence-electron chi connectivity index (χ3n) is 4.56. The summed E-state index contributed by atoms with van der Waals surface area (Å²) in [6.45, 7) is 0. The van der Waals surface area contributed by atoms with Gasteiger partial charge in [-0.3, -0.25) is 9.59 Å². The molecule has 25 heavy (non-hydrogen) atoms. The van der Waals surface area contributed by atoms with Gasteiger partial charge < -0.3 is 10.4 Å². The monoisotopic (exact) mass is 351 g/mol. The van der Waals surface area contributed by atoms with Gasteiger partial charge in [0.25, 0.3) is 5.91 Å². The molecule has 0 saturated carbocycles. The van der Waals surface area contributed by atoms with E-state index in [9.17, 15) is 14.7 Å². The van der Waals surface area contributed by atoms with E-state index in [1.54, 1.807) is 24.3 Å². The molecule has 1 atom stereocenters. The van der Waals surface area contributed by atoms with Gasteiger partial charge in [-0.2, -0.15) is 0 Å². The fourth-order valence-corrected chi connectivity index (χ4v) is 3.46. The summed E-state index contributed by atoms with van der Waals surface area (Å²) < 4.78 is 0. The Labute approximate surface area is 149 Å². The average Bonchev–Trinajstić information content (AvgIpc) is 2.85. The zero-order valence-corrected chi connectivity index (χ0v) is 13.9. The molecule has 0 radical (unpaired) electrons. The maximum atomic E-state index is 12.9. The smallest absolute Gasteiger partial charge is 0.261 e. The fraction of sp³-hybridized carbons (Fsp3) is 0.100. The van der Waals surface area contributed by atoms with Gasteiger partial charge in [0.1, 0.15) is 0 Å². The van der Waals surface area contributed by atoms with Crippen molar-refractivity contribution < 1.29 is 14.7 Å². The predicted octanol–water partition coefficient (Wildman–Crippen LogP) is 3.91. The Morgan fingerprint density at radius 2 is 1.84 bits per heavy atom. The van der Waals surface area contributed by atoms with Crippen LogP contribution in [0.1, 0.15) is 22.3 Å². The van der Waals surface area contributed by atoms with Crippen LogP contribution in [0.3, 0.4) is 0 Å². The summed E-state index contributed by atoms with van der Waals surface area (Å²) in [4.78, 5) is 25.2. The van der Waals surface area contributed by atoms with E-state index in [1.807, 2.05) is 30.3 Å². The molecule has 4 nitrogen and oxygen atoms in total. The molecule has 5 heteroatoms. The topological polar surface area (TPSA) is 66.4 Å². The quantitative estimate of drug-likeness (QED) is 0.703. The van der Waals surface area contributed by atoms with Crippen LogP contribution in [0.15, 0.2) is 60.7 Å². The fourth-order valence-electron chi connectivity index (χ4n) is 3.29. The first-order valence-electron chi connectivity index (χ1n) is 7.84. The molecule has 1 amide bonds. The summed E-state index contributed by atoms with van der Waals surface area (Å²) in [6, 6.07) is 17.7. The largest absolute Gasteiger partial charge is 0.375 e. The number of halogens is 1. The highest BCUT2D eigenvalue weighted by atomic mass is 35.5. The van der Waals surface area contributed by atoms with Crippen LogP contribution < -0.4 is 5.32 Å². The Balaban J connectivity index is 1.76. The lowest BCUT2D eigenvalue weighted by molar-refractivity contribution is -0.133. The van der Waals surface area contributed by atoms with Gasteiger partial charge in [-0.25, -0.2) is 0 Å². The van der Waals surface area contributed by atoms with Crippen molar-refractivity contribution >= 4 is 39.8 Å². The molecule has 1 aliphatic rings.